The Morgan fingerprint density at radius 1 is 1.03 bits per heavy atom. The third kappa shape index (κ3) is 3.79. The van der Waals surface area contributed by atoms with Crippen LogP contribution in [0.15, 0.2) is 47.5 Å². The van der Waals surface area contributed by atoms with Crippen LogP contribution in [0.25, 0.3) is 0 Å². The molecule has 2 aromatic rings. The summed E-state index contributed by atoms with van der Waals surface area (Å²) in [5.41, 5.74) is 1.33. The number of hydrogen-bond acceptors (Lipinski definition) is 5. The molecule has 0 bridgehead atoms. The molecule has 6 nitrogen and oxygen atoms in total. The Bertz CT molecular complexity index is 954. The Hall–Kier alpha value is -3.02. The Labute approximate surface area is 171 Å². The molecule has 0 N–H and O–H groups in total. The van der Waals surface area contributed by atoms with Gasteiger partial charge < -0.3 is 19.3 Å². The van der Waals surface area contributed by atoms with Crippen molar-refractivity contribution in [2.75, 3.05) is 33.3 Å². The van der Waals surface area contributed by atoms with E-state index < -0.39 is 0 Å². The van der Waals surface area contributed by atoms with Crippen LogP contribution in [0.2, 0.25) is 0 Å². The lowest BCUT2D eigenvalue weighted by molar-refractivity contribution is -0.140. The zero-order valence-electron chi connectivity index (χ0n) is 17.4. The number of amides is 1. The van der Waals surface area contributed by atoms with E-state index >= 15 is 0 Å². The maximum absolute atomic E-state index is 12.6. The van der Waals surface area contributed by atoms with E-state index in [-0.39, 0.29) is 11.3 Å². The minimum Gasteiger partial charge on any atom is -0.497 e. The Morgan fingerprint density at radius 2 is 1.76 bits per heavy atom. The predicted molar refractivity (Wildman–Crippen MR) is 113 cm³/mol. The highest BCUT2D eigenvalue weighted by atomic mass is 16.5. The summed E-state index contributed by atoms with van der Waals surface area (Å²) in [4.78, 5) is 21.8. The number of aliphatic imine (C=N–C) groups is 1. The molecular weight excluding hydrogens is 366 g/mol. The van der Waals surface area contributed by atoms with Crippen LogP contribution in [0.5, 0.6) is 17.2 Å². The zero-order valence-corrected chi connectivity index (χ0v) is 17.4. The van der Waals surface area contributed by atoms with Crippen molar-refractivity contribution < 1.29 is 14.3 Å². The molecule has 0 atom stereocenters. The minimum atomic E-state index is -0.366. The van der Waals surface area contributed by atoms with Gasteiger partial charge in [-0.15, -0.1) is 0 Å². The molecule has 2 aliphatic heterocycles. The molecule has 1 saturated heterocycles. The number of rotatable bonds is 1. The summed E-state index contributed by atoms with van der Waals surface area (Å²) < 4.78 is 11.6. The second-order valence-corrected chi connectivity index (χ2v) is 8.40. The van der Waals surface area contributed by atoms with Crippen LogP contribution in [0.3, 0.4) is 0 Å². The first-order chi connectivity index (χ1) is 13.9. The van der Waals surface area contributed by atoms with Crippen LogP contribution < -0.4 is 9.47 Å². The topological polar surface area (TPSA) is 54.4 Å². The molecule has 2 aromatic carbocycles. The fourth-order valence-corrected chi connectivity index (χ4v) is 3.67. The highest BCUT2D eigenvalue weighted by molar-refractivity contribution is 6.04. The number of nitrogens with zero attached hydrogens (tertiary/aromatic N) is 3. The number of carbonyl (C=O) groups is 1. The molecule has 0 spiro atoms. The first-order valence-corrected chi connectivity index (χ1v) is 9.95. The van der Waals surface area contributed by atoms with E-state index in [0.717, 1.165) is 47.4 Å². The smallest absolute Gasteiger partial charge is 0.228 e. The van der Waals surface area contributed by atoms with Crippen molar-refractivity contribution >= 4 is 17.4 Å². The van der Waals surface area contributed by atoms with Crippen molar-refractivity contribution in [1.82, 2.24) is 9.80 Å². The highest BCUT2D eigenvalue weighted by Crippen LogP contribution is 2.39. The second-order valence-electron chi connectivity index (χ2n) is 8.40. The highest BCUT2D eigenvalue weighted by Gasteiger charge is 2.32. The van der Waals surface area contributed by atoms with Gasteiger partial charge in [-0.3, -0.25) is 4.79 Å². The molecule has 0 saturated carbocycles. The van der Waals surface area contributed by atoms with Gasteiger partial charge in [-0.2, -0.15) is 0 Å². The fourth-order valence-electron chi connectivity index (χ4n) is 3.67. The molecule has 6 heteroatoms. The van der Waals surface area contributed by atoms with Gasteiger partial charge in [0.05, 0.1) is 12.7 Å². The zero-order chi connectivity index (χ0) is 20.6. The van der Waals surface area contributed by atoms with Crippen molar-refractivity contribution in [2.24, 2.45) is 10.4 Å². The van der Waals surface area contributed by atoms with E-state index in [2.05, 4.69) is 4.90 Å². The summed E-state index contributed by atoms with van der Waals surface area (Å²) >= 11 is 0. The quantitative estimate of drug-likeness (QED) is 0.733. The number of piperazine rings is 1. The van der Waals surface area contributed by atoms with Gasteiger partial charge in [0.15, 0.2) is 5.75 Å². The van der Waals surface area contributed by atoms with Gasteiger partial charge in [-0.25, -0.2) is 4.99 Å². The van der Waals surface area contributed by atoms with E-state index in [9.17, 15) is 4.79 Å². The summed E-state index contributed by atoms with van der Waals surface area (Å²) in [7, 11) is 1.65. The third-order valence-electron chi connectivity index (χ3n) is 5.25. The summed E-state index contributed by atoms with van der Waals surface area (Å²) in [6.07, 6.45) is 0. The van der Waals surface area contributed by atoms with E-state index in [1.54, 1.807) is 7.11 Å². The molecule has 2 aliphatic rings. The SMILES string of the molecule is COc1ccc2c(c1)C(N1CCN(C(=O)C(C)(C)C)CC1)=Nc1ccccc1O2. The Morgan fingerprint density at radius 3 is 2.45 bits per heavy atom. The number of benzene rings is 2. The van der Waals surface area contributed by atoms with Crippen molar-refractivity contribution in [3.8, 4) is 17.2 Å². The molecule has 0 radical (unpaired) electrons. The molecule has 2 heterocycles. The number of fused-ring (bicyclic) bond motifs is 2. The summed E-state index contributed by atoms with van der Waals surface area (Å²) in [5.74, 6) is 3.29. The maximum Gasteiger partial charge on any atom is 0.228 e. The Balaban J connectivity index is 1.67. The summed E-state index contributed by atoms with van der Waals surface area (Å²) in [5, 5.41) is 0. The molecule has 0 unspecified atom stereocenters. The normalized spacial score (nSPS) is 16.2. The van der Waals surface area contributed by atoms with Crippen molar-refractivity contribution in [2.45, 2.75) is 20.8 Å². The average molecular weight is 393 g/mol. The van der Waals surface area contributed by atoms with E-state index in [0.29, 0.717) is 13.1 Å². The minimum absolute atomic E-state index is 0.190. The second kappa shape index (κ2) is 7.43. The number of hydrogen-bond donors (Lipinski definition) is 0. The molecule has 4 rings (SSSR count). The lowest BCUT2D eigenvalue weighted by Crippen LogP contribution is -2.53. The van der Waals surface area contributed by atoms with Crippen molar-refractivity contribution in [1.29, 1.82) is 0 Å². The number of ether oxygens (including phenoxy) is 2. The van der Waals surface area contributed by atoms with Gasteiger partial charge >= 0.3 is 0 Å². The first-order valence-electron chi connectivity index (χ1n) is 9.95. The van der Waals surface area contributed by atoms with Crippen LogP contribution >= 0.6 is 0 Å². The van der Waals surface area contributed by atoms with E-state index in [1.807, 2.05) is 68.1 Å². The van der Waals surface area contributed by atoms with Gasteiger partial charge in [0.25, 0.3) is 0 Å². The first kappa shape index (κ1) is 19.3. The Kier molecular flexibility index (Phi) is 4.94. The van der Waals surface area contributed by atoms with Crippen LogP contribution in [0.1, 0.15) is 26.3 Å². The predicted octanol–water partition coefficient (Wildman–Crippen LogP) is 4.07. The van der Waals surface area contributed by atoms with Gasteiger partial charge in [0.1, 0.15) is 23.0 Å². The molecule has 152 valence electrons. The fraction of sp³-hybridized carbons (Fsp3) is 0.391. The third-order valence-corrected chi connectivity index (χ3v) is 5.25. The van der Waals surface area contributed by atoms with Gasteiger partial charge in [-0.1, -0.05) is 32.9 Å². The van der Waals surface area contributed by atoms with E-state index in [1.165, 1.54) is 0 Å². The summed E-state index contributed by atoms with van der Waals surface area (Å²) in [6, 6.07) is 13.6. The van der Waals surface area contributed by atoms with E-state index in [4.69, 9.17) is 14.5 Å². The number of amidine groups is 1. The molecule has 0 aromatic heterocycles. The van der Waals surface area contributed by atoms with Crippen molar-refractivity contribution in [3.63, 3.8) is 0 Å². The molecule has 0 aliphatic carbocycles. The molecule has 29 heavy (non-hydrogen) atoms. The summed E-state index contributed by atoms with van der Waals surface area (Å²) in [6.45, 7) is 8.70. The standard InChI is InChI=1S/C23H27N3O3/c1-23(2,3)22(27)26-13-11-25(12-14-26)21-17-15-16(28-4)9-10-19(17)29-20-8-6-5-7-18(20)24-21/h5-10,15H,11-14H2,1-4H3. The number of para-hydroxylation sites is 2. The molecule has 1 fully saturated rings. The number of methoxy groups -OCH3 is 1. The van der Waals surface area contributed by atoms with Crippen LogP contribution in [-0.4, -0.2) is 54.8 Å². The lowest BCUT2D eigenvalue weighted by Gasteiger charge is -2.39. The monoisotopic (exact) mass is 393 g/mol. The van der Waals surface area contributed by atoms with Gasteiger partial charge in [0.2, 0.25) is 5.91 Å². The maximum atomic E-state index is 12.6. The average Bonchev–Trinajstić information content (AvgIpc) is 2.88. The lowest BCUT2D eigenvalue weighted by atomic mass is 9.94. The van der Waals surface area contributed by atoms with Crippen LogP contribution in [-0.2, 0) is 4.79 Å². The molecule has 1 amide bonds. The van der Waals surface area contributed by atoms with Crippen LogP contribution in [0.4, 0.5) is 5.69 Å². The number of carbonyl (C=O) groups excluding carboxylic acids is 1. The molecular formula is C23H27N3O3. The largest absolute Gasteiger partial charge is 0.497 e. The van der Waals surface area contributed by atoms with Gasteiger partial charge in [0, 0.05) is 31.6 Å². The van der Waals surface area contributed by atoms with Gasteiger partial charge in [-0.05, 0) is 30.3 Å². The van der Waals surface area contributed by atoms with Crippen LogP contribution in [0, 0.1) is 5.41 Å². The van der Waals surface area contributed by atoms with Crippen molar-refractivity contribution in [3.05, 3.63) is 48.0 Å².